The molecule has 0 bridgehead atoms. The Morgan fingerprint density at radius 3 is 2.31 bits per heavy atom. The summed E-state index contributed by atoms with van der Waals surface area (Å²) in [5, 5.41) is 5.42. The van der Waals surface area contributed by atoms with Crippen molar-refractivity contribution in [3.05, 3.63) is 100 Å². The normalized spacial score (nSPS) is 13.7. The van der Waals surface area contributed by atoms with Crippen molar-refractivity contribution in [3.8, 4) is 0 Å². The Hall–Kier alpha value is -3.54. The lowest BCUT2D eigenvalue weighted by atomic mass is 10.0. The monoisotopic (exact) mass is 525 g/mol. The summed E-state index contributed by atoms with van der Waals surface area (Å²) in [6.45, 7) is 0. The molecule has 36 heavy (non-hydrogen) atoms. The molecule has 6 nitrogen and oxygen atoms in total. The third-order valence-corrected chi connectivity index (χ3v) is 5.12. The van der Waals surface area contributed by atoms with Crippen LogP contribution >= 0.6 is 11.6 Å². The first-order valence-electron chi connectivity index (χ1n) is 10.5. The van der Waals surface area contributed by atoms with Crippen molar-refractivity contribution in [1.82, 2.24) is 5.32 Å². The van der Waals surface area contributed by atoms with Gasteiger partial charge in [-0.1, -0.05) is 29.8 Å². The second kappa shape index (κ2) is 11.5. The van der Waals surface area contributed by atoms with E-state index in [0.717, 1.165) is 24.3 Å². The zero-order chi connectivity index (χ0) is 26.5. The quantitative estimate of drug-likeness (QED) is 0.153. The number of amides is 1. The number of benzene rings is 3. The Balaban J connectivity index is 1.85. The number of hydrogen-bond acceptors (Lipinski definition) is 3. The molecule has 6 N–H and O–H groups in total. The molecule has 0 spiro atoms. The van der Waals surface area contributed by atoms with E-state index in [2.05, 4.69) is 15.6 Å². The molecule has 12 heteroatoms. The van der Waals surface area contributed by atoms with E-state index in [4.69, 9.17) is 23.1 Å². The lowest BCUT2D eigenvalue weighted by Gasteiger charge is -2.21. The molecule has 3 aromatic rings. The number of anilines is 1. The van der Waals surface area contributed by atoms with Gasteiger partial charge in [0.05, 0.1) is 11.7 Å². The molecule has 3 aromatic carbocycles. The van der Waals surface area contributed by atoms with Crippen LogP contribution in [0.25, 0.3) is 0 Å². The predicted octanol–water partition coefficient (Wildman–Crippen LogP) is 5.21. The largest absolute Gasteiger partial charge is 0.416 e. The number of nitrogens with two attached hydrogens (primary N) is 2. The van der Waals surface area contributed by atoms with Crippen LogP contribution in [0.5, 0.6) is 0 Å². The van der Waals surface area contributed by atoms with Gasteiger partial charge in [-0.3, -0.25) is 4.79 Å². The molecule has 0 saturated carbocycles. The Morgan fingerprint density at radius 2 is 1.67 bits per heavy atom. The number of halogens is 6. The number of nitrogens with zero attached hydrogens (tertiary/aromatic N) is 1. The first-order valence-corrected chi connectivity index (χ1v) is 10.8. The van der Waals surface area contributed by atoms with Gasteiger partial charge in [-0.15, -0.1) is 0 Å². The highest BCUT2D eigenvalue weighted by molar-refractivity contribution is 6.31. The molecule has 0 heterocycles. The molecule has 0 fully saturated rings. The van der Waals surface area contributed by atoms with Crippen LogP contribution in [0, 0.1) is 11.6 Å². The molecule has 0 aliphatic carbocycles. The van der Waals surface area contributed by atoms with Gasteiger partial charge in [0.2, 0.25) is 5.96 Å². The summed E-state index contributed by atoms with van der Waals surface area (Å²) in [6.07, 6.45) is -5.49. The SMILES string of the molecule is NC(CC(N)c1ccc(F)cc1)N/C(=N\C(=O)c1cccc(C(F)(F)F)c1)Nc1cc(F)cc(Cl)c1. The average Bonchev–Trinajstić information content (AvgIpc) is 2.78. The fourth-order valence-electron chi connectivity index (χ4n) is 3.21. The van der Waals surface area contributed by atoms with Crippen LogP contribution in [-0.4, -0.2) is 18.0 Å². The minimum absolute atomic E-state index is 0.0451. The van der Waals surface area contributed by atoms with Crippen LogP contribution < -0.4 is 22.1 Å². The smallest absolute Gasteiger partial charge is 0.341 e. The van der Waals surface area contributed by atoms with Crippen molar-refractivity contribution >= 4 is 29.2 Å². The Kier molecular flexibility index (Phi) is 8.62. The molecule has 0 radical (unpaired) electrons. The van der Waals surface area contributed by atoms with Gasteiger partial charge < -0.3 is 22.1 Å². The minimum atomic E-state index is -4.66. The second-order valence-corrected chi connectivity index (χ2v) is 8.21. The number of alkyl halides is 3. The summed E-state index contributed by atoms with van der Waals surface area (Å²) in [5.41, 5.74) is 11.6. The first-order chi connectivity index (χ1) is 16.9. The van der Waals surface area contributed by atoms with Crippen molar-refractivity contribution < 1.29 is 26.7 Å². The number of carbonyl (C=O) groups is 1. The van der Waals surface area contributed by atoms with Gasteiger partial charge in [-0.05, 0) is 60.5 Å². The summed E-state index contributed by atoms with van der Waals surface area (Å²) in [5.74, 6) is -2.42. The highest BCUT2D eigenvalue weighted by Crippen LogP contribution is 2.29. The summed E-state index contributed by atoms with van der Waals surface area (Å²) in [6, 6.07) is 12.0. The third kappa shape index (κ3) is 7.74. The van der Waals surface area contributed by atoms with E-state index in [1.807, 2.05) is 0 Å². The molecule has 0 aliphatic rings. The lowest BCUT2D eigenvalue weighted by Crippen LogP contribution is -2.46. The van der Waals surface area contributed by atoms with Crippen LogP contribution in [0.15, 0.2) is 71.7 Å². The van der Waals surface area contributed by atoms with Gasteiger partial charge in [0.25, 0.3) is 5.91 Å². The molecule has 0 aliphatic heterocycles. The third-order valence-electron chi connectivity index (χ3n) is 4.90. The molecular formula is C24H21ClF5N5O. The standard InChI is InChI=1S/C24H21ClF5N5O/c25-16-9-18(27)11-19(10-16)33-23(34-21(32)12-20(31)13-4-6-17(26)7-5-13)35-22(36)14-2-1-3-15(8-14)24(28,29)30/h1-11,20-21H,12,31-32H2,(H2,33,34,35,36). The Morgan fingerprint density at radius 1 is 0.972 bits per heavy atom. The van der Waals surface area contributed by atoms with Crippen LogP contribution in [0.2, 0.25) is 5.02 Å². The first kappa shape index (κ1) is 27.1. The number of carbonyl (C=O) groups excluding carboxylic acids is 1. The molecule has 1 amide bonds. The number of nitrogens with one attached hydrogen (secondary N) is 2. The van der Waals surface area contributed by atoms with Crippen molar-refractivity contribution in [2.45, 2.75) is 24.8 Å². The molecule has 0 saturated heterocycles. The van der Waals surface area contributed by atoms with Crippen LogP contribution in [0.1, 0.15) is 33.9 Å². The molecule has 3 rings (SSSR count). The second-order valence-electron chi connectivity index (χ2n) is 7.77. The maximum Gasteiger partial charge on any atom is 0.416 e. The Labute approximate surface area is 208 Å². The van der Waals surface area contributed by atoms with E-state index in [9.17, 15) is 26.7 Å². The van der Waals surface area contributed by atoms with Gasteiger partial charge in [-0.2, -0.15) is 18.2 Å². The zero-order valence-electron chi connectivity index (χ0n) is 18.5. The van der Waals surface area contributed by atoms with Crippen molar-refractivity contribution in [2.75, 3.05) is 5.32 Å². The lowest BCUT2D eigenvalue weighted by molar-refractivity contribution is -0.137. The van der Waals surface area contributed by atoms with Crippen molar-refractivity contribution in [2.24, 2.45) is 16.5 Å². The van der Waals surface area contributed by atoms with Gasteiger partial charge in [0, 0.05) is 22.3 Å². The average molecular weight is 526 g/mol. The summed E-state index contributed by atoms with van der Waals surface area (Å²) >= 11 is 5.87. The maximum absolute atomic E-state index is 13.8. The van der Waals surface area contributed by atoms with E-state index in [-0.39, 0.29) is 28.7 Å². The predicted molar refractivity (Wildman–Crippen MR) is 127 cm³/mol. The van der Waals surface area contributed by atoms with E-state index in [1.54, 1.807) is 0 Å². The number of guanidine groups is 1. The molecule has 2 atom stereocenters. The van der Waals surface area contributed by atoms with Crippen molar-refractivity contribution in [1.29, 1.82) is 0 Å². The van der Waals surface area contributed by atoms with Gasteiger partial charge in [0.15, 0.2) is 0 Å². The maximum atomic E-state index is 13.8. The molecular weight excluding hydrogens is 505 g/mol. The summed E-state index contributed by atoms with van der Waals surface area (Å²) in [7, 11) is 0. The van der Waals surface area contributed by atoms with E-state index in [0.29, 0.717) is 11.6 Å². The number of rotatable bonds is 6. The highest BCUT2D eigenvalue weighted by atomic mass is 35.5. The van der Waals surface area contributed by atoms with E-state index in [1.165, 1.54) is 36.4 Å². The van der Waals surface area contributed by atoms with E-state index >= 15 is 0 Å². The van der Waals surface area contributed by atoms with Crippen LogP contribution in [-0.2, 0) is 6.18 Å². The summed E-state index contributed by atoms with van der Waals surface area (Å²) in [4.78, 5) is 16.5. The molecule has 0 aromatic heterocycles. The van der Waals surface area contributed by atoms with Crippen LogP contribution in [0.3, 0.4) is 0 Å². The van der Waals surface area contributed by atoms with Crippen molar-refractivity contribution in [3.63, 3.8) is 0 Å². The number of hydrogen-bond donors (Lipinski definition) is 4. The number of aliphatic imine (C=N–C) groups is 1. The fourth-order valence-corrected chi connectivity index (χ4v) is 3.43. The van der Waals surface area contributed by atoms with Crippen LogP contribution in [0.4, 0.5) is 27.6 Å². The van der Waals surface area contributed by atoms with E-state index < -0.39 is 41.5 Å². The van der Waals surface area contributed by atoms with Gasteiger partial charge in [-0.25, -0.2) is 8.78 Å². The minimum Gasteiger partial charge on any atom is -0.341 e. The zero-order valence-corrected chi connectivity index (χ0v) is 19.2. The van der Waals surface area contributed by atoms with Gasteiger partial charge in [0.1, 0.15) is 11.6 Å². The summed E-state index contributed by atoms with van der Waals surface area (Å²) < 4.78 is 66.1. The molecule has 190 valence electrons. The highest BCUT2D eigenvalue weighted by Gasteiger charge is 2.31. The fraction of sp³-hybridized carbons (Fsp3) is 0.167. The topological polar surface area (TPSA) is 106 Å². The van der Waals surface area contributed by atoms with Gasteiger partial charge >= 0.3 is 6.18 Å². The molecule has 2 unspecified atom stereocenters. The Bertz CT molecular complexity index is 1230.